The summed E-state index contributed by atoms with van der Waals surface area (Å²) < 4.78 is 0. The van der Waals surface area contributed by atoms with Gasteiger partial charge in [0, 0.05) is 24.1 Å². The van der Waals surface area contributed by atoms with Gasteiger partial charge >= 0.3 is 0 Å². The summed E-state index contributed by atoms with van der Waals surface area (Å²) in [6.45, 7) is 6.88. The Balaban J connectivity index is 2.12. The quantitative estimate of drug-likeness (QED) is 0.236. The van der Waals surface area contributed by atoms with Gasteiger partial charge in [-0.15, -0.1) is 11.8 Å². The first-order chi connectivity index (χ1) is 12.3. The molecule has 0 heterocycles. The van der Waals surface area contributed by atoms with Crippen molar-refractivity contribution in [3.8, 4) is 0 Å². The van der Waals surface area contributed by atoms with E-state index in [1.165, 1.54) is 11.8 Å². The fraction of sp³-hybridized carbons (Fsp3) is 0.300. The van der Waals surface area contributed by atoms with E-state index >= 15 is 0 Å². The van der Waals surface area contributed by atoms with Gasteiger partial charge in [0.05, 0.1) is 27.8 Å². The number of hydrogen-bond acceptors (Lipinski definition) is 3. The number of rotatable bonds is 7. The number of Topliss-reactive ketones (excluding diaryl/α,β-unsaturated/α-hetero) is 1. The van der Waals surface area contributed by atoms with Crippen LogP contribution in [0.5, 0.6) is 0 Å². The van der Waals surface area contributed by atoms with E-state index in [1.54, 1.807) is 12.1 Å². The third kappa shape index (κ3) is 5.50. The van der Waals surface area contributed by atoms with Crippen LogP contribution in [0.15, 0.2) is 40.2 Å². The van der Waals surface area contributed by atoms with Crippen molar-refractivity contribution in [2.75, 3.05) is 19.3 Å². The molecular weight excluding hydrogens is 387 g/mol. The van der Waals surface area contributed by atoms with Crippen LogP contribution in [0.2, 0.25) is 10.0 Å². The molecule has 2 aromatic rings. The number of ketones is 1. The maximum atomic E-state index is 12.6. The minimum Gasteiger partial charge on any atom is -0.366 e. The molecule has 0 saturated carbocycles. The molecule has 0 fully saturated rings. The van der Waals surface area contributed by atoms with E-state index in [0.29, 0.717) is 15.8 Å². The van der Waals surface area contributed by atoms with Crippen LogP contribution in [0.3, 0.4) is 0 Å². The number of nitrogens with zero attached hydrogens (tertiary/aromatic N) is 2. The van der Waals surface area contributed by atoms with Crippen LogP contribution in [-0.4, -0.2) is 36.4 Å². The second kappa shape index (κ2) is 9.45. The SMILES string of the molecule is CCN(C)C=Nc1cc(C)c(C(=O)CSc2ccc(Cl)c(Cl)c2)cc1C. The number of aliphatic imine (C=N–C) groups is 1. The van der Waals surface area contributed by atoms with Crippen molar-refractivity contribution >= 4 is 52.8 Å². The minimum atomic E-state index is 0.0860. The largest absolute Gasteiger partial charge is 0.366 e. The molecular formula is C20H22Cl2N2OS. The topological polar surface area (TPSA) is 32.7 Å². The normalized spacial score (nSPS) is 11.2. The average Bonchev–Trinajstić information content (AvgIpc) is 2.62. The highest BCUT2D eigenvalue weighted by molar-refractivity contribution is 8.00. The van der Waals surface area contributed by atoms with Gasteiger partial charge in [0.15, 0.2) is 5.78 Å². The van der Waals surface area contributed by atoms with Crippen LogP contribution >= 0.6 is 35.0 Å². The zero-order chi connectivity index (χ0) is 19.3. The Labute approximate surface area is 169 Å². The smallest absolute Gasteiger partial charge is 0.173 e. The fourth-order valence-electron chi connectivity index (χ4n) is 2.28. The molecule has 138 valence electrons. The summed E-state index contributed by atoms with van der Waals surface area (Å²) in [5.74, 6) is 0.433. The van der Waals surface area contributed by atoms with E-state index in [4.69, 9.17) is 23.2 Å². The lowest BCUT2D eigenvalue weighted by molar-refractivity contribution is 0.102. The summed E-state index contributed by atoms with van der Waals surface area (Å²) in [6.07, 6.45) is 1.81. The fourth-order valence-corrected chi connectivity index (χ4v) is 3.46. The summed E-state index contributed by atoms with van der Waals surface area (Å²) in [4.78, 5) is 20.1. The molecule has 2 rings (SSSR count). The molecule has 0 N–H and O–H groups in total. The van der Waals surface area contributed by atoms with Gasteiger partial charge < -0.3 is 4.90 Å². The molecule has 0 unspecified atom stereocenters. The Morgan fingerprint density at radius 3 is 2.54 bits per heavy atom. The monoisotopic (exact) mass is 408 g/mol. The van der Waals surface area contributed by atoms with Crippen molar-refractivity contribution in [2.45, 2.75) is 25.7 Å². The maximum absolute atomic E-state index is 12.6. The zero-order valence-corrected chi connectivity index (χ0v) is 17.7. The van der Waals surface area contributed by atoms with Gasteiger partial charge in [-0.05, 0) is 62.2 Å². The van der Waals surface area contributed by atoms with E-state index in [9.17, 15) is 4.79 Å². The third-order valence-corrected chi connectivity index (χ3v) is 5.73. The zero-order valence-electron chi connectivity index (χ0n) is 15.3. The standard InChI is InChI=1S/C20H22Cl2N2OS/c1-5-24(4)12-23-19-9-13(2)16(8-14(19)3)20(25)11-26-15-6-7-17(21)18(22)10-15/h6-10,12H,5,11H2,1-4H3. The molecule has 6 heteroatoms. The molecule has 3 nitrogen and oxygen atoms in total. The van der Waals surface area contributed by atoms with Gasteiger partial charge in [-0.3, -0.25) is 4.79 Å². The first-order valence-corrected chi connectivity index (χ1v) is 10.0. The van der Waals surface area contributed by atoms with Gasteiger partial charge in [0.2, 0.25) is 0 Å². The number of carbonyl (C=O) groups excluding carboxylic acids is 1. The van der Waals surface area contributed by atoms with E-state index in [0.717, 1.165) is 33.8 Å². The summed E-state index contributed by atoms with van der Waals surface area (Å²) in [5, 5.41) is 1.01. The van der Waals surface area contributed by atoms with Crippen LogP contribution < -0.4 is 0 Å². The van der Waals surface area contributed by atoms with Crippen molar-refractivity contribution in [2.24, 2.45) is 4.99 Å². The number of benzene rings is 2. The predicted molar refractivity (Wildman–Crippen MR) is 114 cm³/mol. The molecule has 0 saturated heterocycles. The molecule has 2 aromatic carbocycles. The maximum Gasteiger partial charge on any atom is 0.173 e. The van der Waals surface area contributed by atoms with Gasteiger partial charge in [-0.2, -0.15) is 0 Å². The molecule has 0 aliphatic heterocycles. The van der Waals surface area contributed by atoms with Crippen molar-refractivity contribution in [1.82, 2.24) is 4.90 Å². The highest BCUT2D eigenvalue weighted by atomic mass is 35.5. The van der Waals surface area contributed by atoms with Crippen LogP contribution in [0.25, 0.3) is 0 Å². The second-order valence-corrected chi connectivity index (χ2v) is 7.92. The molecule has 26 heavy (non-hydrogen) atoms. The van der Waals surface area contributed by atoms with Gasteiger partial charge in [-0.25, -0.2) is 4.99 Å². The minimum absolute atomic E-state index is 0.0860. The first kappa shape index (κ1) is 20.8. The van der Waals surface area contributed by atoms with Crippen molar-refractivity contribution in [1.29, 1.82) is 0 Å². The lowest BCUT2D eigenvalue weighted by Gasteiger charge is -2.11. The molecule has 0 aliphatic carbocycles. The number of halogens is 2. The number of hydrogen-bond donors (Lipinski definition) is 0. The summed E-state index contributed by atoms with van der Waals surface area (Å²) in [7, 11) is 1.98. The third-order valence-electron chi connectivity index (χ3n) is 4.00. The van der Waals surface area contributed by atoms with Crippen molar-refractivity contribution in [3.63, 3.8) is 0 Å². The average molecular weight is 409 g/mol. The molecule has 0 spiro atoms. The van der Waals surface area contributed by atoms with E-state index in [1.807, 2.05) is 50.3 Å². The number of aryl methyl sites for hydroxylation is 2. The van der Waals surface area contributed by atoms with Crippen molar-refractivity contribution in [3.05, 3.63) is 57.1 Å². The Morgan fingerprint density at radius 2 is 1.88 bits per heavy atom. The van der Waals surface area contributed by atoms with Gasteiger partial charge in [0.1, 0.15) is 0 Å². The van der Waals surface area contributed by atoms with Crippen molar-refractivity contribution < 1.29 is 4.79 Å². The predicted octanol–water partition coefficient (Wildman–Crippen LogP) is 6.20. The number of thioether (sulfide) groups is 1. The lowest BCUT2D eigenvalue weighted by Crippen LogP contribution is -2.14. The van der Waals surface area contributed by atoms with Crippen LogP contribution in [0, 0.1) is 13.8 Å². The summed E-state index contributed by atoms with van der Waals surface area (Å²) in [5.41, 5.74) is 3.54. The Kier molecular flexibility index (Phi) is 7.56. The summed E-state index contributed by atoms with van der Waals surface area (Å²) >= 11 is 13.4. The second-order valence-electron chi connectivity index (χ2n) is 6.06. The van der Waals surface area contributed by atoms with E-state index in [-0.39, 0.29) is 5.78 Å². The van der Waals surface area contributed by atoms with Crippen LogP contribution in [0.1, 0.15) is 28.4 Å². The van der Waals surface area contributed by atoms with E-state index in [2.05, 4.69) is 11.9 Å². The highest BCUT2D eigenvalue weighted by Gasteiger charge is 2.13. The molecule has 0 aromatic heterocycles. The van der Waals surface area contributed by atoms with Gasteiger partial charge in [0.25, 0.3) is 0 Å². The lowest BCUT2D eigenvalue weighted by atomic mass is 10.0. The first-order valence-electron chi connectivity index (χ1n) is 8.28. The van der Waals surface area contributed by atoms with Crippen LogP contribution in [0.4, 0.5) is 5.69 Å². The highest BCUT2D eigenvalue weighted by Crippen LogP contribution is 2.29. The molecule has 0 aliphatic rings. The Bertz CT molecular complexity index is 837. The molecule has 0 amide bonds. The molecule has 0 bridgehead atoms. The summed E-state index contributed by atoms with van der Waals surface area (Å²) in [6, 6.07) is 9.28. The van der Waals surface area contributed by atoms with Crippen LogP contribution in [-0.2, 0) is 0 Å². The number of carbonyl (C=O) groups is 1. The van der Waals surface area contributed by atoms with E-state index < -0.39 is 0 Å². The molecule has 0 radical (unpaired) electrons. The Hall–Kier alpha value is -1.49. The Morgan fingerprint density at radius 1 is 1.15 bits per heavy atom. The molecule has 0 atom stereocenters. The van der Waals surface area contributed by atoms with Gasteiger partial charge in [-0.1, -0.05) is 23.2 Å².